The normalized spacial score (nSPS) is 13.8. The smallest absolute Gasteiger partial charge is 0.407 e. The molecule has 9 N–H and O–H groups in total. The first-order valence-electron chi connectivity index (χ1n) is 25.2. The van der Waals surface area contributed by atoms with E-state index >= 15 is 0 Å². The Hall–Kier alpha value is -9.02. The predicted molar refractivity (Wildman–Crippen MR) is 296 cm³/mol. The molecule has 0 aliphatic carbocycles. The minimum atomic E-state index is -1.26. The van der Waals surface area contributed by atoms with Gasteiger partial charge in [0.15, 0.2) is 16.5 Å². The fraction of sp³-hybridized carbons (Fsp3) is 0.358. The standard InChI is InChI=1S/C28H36N6O7S.C25H24N6O7S/c1-16-23(24(36)32-19(25(37)39-5)15-29-27(38)41-28(2,3)4)42-26(31-16)33-21(35)13-17-9-8-10-20-18(17)14-30-34(20)22-11-6-7-12-40-22;1-12-21(39-25(28-12)30-20(34)8-13-4-3-5-18-17(13)10-27-31-18)23(36)29-19(24(37)38-2)11-26-22(35)14-6-15(32)9-16(33)7-14/h8-10,14,19,22H,6-7,11-13,15H2,1-5H3,(H,29,38)(H,32,36)(H,31,33,35);3-7,9-10,19,32-33H,8,11H2,1-2H3,(H,26,35)(H,27,31)(H,29,36)(H,28,30,34)/t19-,22?;19-/m00/s1. The molecule has 1 saturated heterocycles. The molecule has 3 atom stereocenters. The van der Waals surface area contributed by atoms with Crippen LogP contribution in [-0.2, 0) is 51.0 Å². The highest BCUT2D eigenvalue weighted by Crippen LogP contribution is 2.29. The van der Waals surface area contributed by atoms with Gasteiger partial charge in [0.05, 0.1) is 68.4 Å². The maximum atomic E-state index is 13.0. The van der Waals surface area contributed by atoms with E-state index in [-0.39, 0.29) is 81.1 Å². The number of aromatic amines is 1. The predicted octanol–water partition coefficient (Wildman–Crippen LogP) is 5.10. The highest BCUT2D eigenvalue weighted by molar-refractivity contribution is 7.18. The van der Waals surface area contributed by atoms with Crippen LogP contribution in [-0.4, -0.2) is 139 Å². The second kappa shape index (κ2) is 26.8. The van der Waals surface area contributed by atoms with E-state index in [0.717, 1.165) is 100 Å². The van der Waals surface area contributed by atoms with Crippen molar-refractivity contribution in [1.82, 2.24) is 51.2 Å². The second-order valence-electron chi connectivity index (χ2n) is 19.3. The van der Waals surface area contributed by atoms with Gasteiger partial charge in [-0.1, -0.05) is 46.9 Å². The fourth-order valence-corrected chi connectivity index (χ4v) is 10.0. The Morgan fingerprint density at radius 3 is 1.84 bits per heavy atom. The summed E-state index contributed by atoms with van der Waals surface area (Å²) in [5.74, 6) is -4.80. The van der Waals surface area contributed by atoms with E-state index in [1.807, 2.05) is 41.1 Å². The van der Waals surface area contributed by atoms with Crippen molar-refractivity contribution in [3.8, 4) is 11.5 Å². The number of carbonyl (C=O) groups is 8. The van der Waals surface area contributed by atoms with E-state index in [2.05, 4.69) is 57.2 Å². The number of nitrogens with one attached hydrogen (secondary N) is 7. The minimum absolute atomic E-state index is 0.0508. The molecule has 428 valence electrons. The molecule has 1 aliphatic rings. The van der Waals surface area contributed by atoms with Gasteiger partial charge in [0, 0.05) is 35.6 Å². The Morgan fingerprint density at radius 1 is 0.741 bits per heavy atom. The SMILES string of the molecule is COC(=O)[C@H](CNC(=O)OC(C)(C)C)NC(=O)c1sc(NC(=O)Cc2cccc3c2cnn3C2CCCCO2)nc1C.COC(=O)[C@H](CNC(=O)c1cc(O)cc(O)c1)NC(=O)c1sc(NC(=O)Cc2cccc3[nH]ncc23)nc1C. The molecule has 0 radical (unpaired) electrons. The summed E-state index contributed by atoms with van der Waals surface area (Å²) in [6.45, 7) is 8.43. The first-order valence-corrected chi connectivity index (χ1v) is 26.8. The van der Waals surface area contributed by atoms with Crippen molar-refractivity contribution >= 4 is 102 Å². The molecular formula is C53H60N12O14S2. The summed E-state index contributed by atoms with van der Waals surface area (Å²) in [6, 6.07) is 12.1. The van der Waals surface area contributed by atoms with Gasteiger partial charge >= 0.3 is 18.0 Å². The topological polar surface area (TPSA) is 358 Å². The number of benzene rings is 3. The van der Waals surface area contributed by atoms with Crippen LogP contribution >= 0.6 is 22.7 Å². The second-order valence-corrected chi connectivity index (χ2v) is 21.3. The van der Waals surface area contributed by atoms with Crippen LogP contribution in [0.5, 0.6) is 11.5 Å². The number of aryl methyl sites for hydroxylation is 2. The summed E-state index contributed by atoms with van der Waals surface area (Å²) in [7, 11) is 2.31. The van der Waals surface area contributed by atoms with Gasteiger partial charge in [0.1, 0.15) is 38.9 Å². The van der Waals surface area contributed by atoms with Crippen molar-refractivity contribution in [2.45, 2.75) is 90.6 Å². The van der Waals surface area contributed by atoms with E-state index in [0.29, 0.717) is 18.0 Å². The van der Waals surface area contributed by atoms with Gasteiger partial charge in [-0.15, -0.1) is 0 Å². The van der Waals surface area contributed by atoms with Crippen molar-refractivity contribution in [3.63, 3.8) is 0 Å². The van der Waals surface area contributed by atoms with Gasteiger partial charge in [-0.3, -0.25) is 29.1 Å². The van der Waals surface area contributed by atoms with Crippen molar-refractivity contribution in [2.75, 3.05) is 44.5 Å². The molecule has 3 aromatic carbocycles. The molecule has 26 nitrogen and oxygen atoms in total. The highest BCUT2D eigenvalue weighted by Gasteiger charge is 2.29. The molecule has 5 heterocycles. The fourth-order valence-electron chi connectivity index (χ4n) is 8.25. The Bertz CT molecular complexity index is 3450. The van der Waals surface area contributed by atoms with Crippen molar-refractivity contribution in [3.05, 3.63) is 105 Å². The van der Waals surface area contributed by atoms with E-state index in [4.69, 9.17) is 18.9 Å². The van der Waals surface area contributed by atoms with Crippen LogP contribution in [0.15, 0.2) is 67.0 Å². The number of aromatic hydroxyl groups is 2. The van der Waals surface area contributed by atoms with Crippen LogP contribution in [0, 0.1) is 13.8 Å². The number of alkyl carbamates (subject to hydrolysis) is 1. The lowest BCUT2D eigenvalue weighted by Crippen LogP contribution is -2.49. The number of phenols is 2. The number of rotatable bonds is 18. The number of anilines is 2. The zero-order valence-electron chi connectivity index (χ0n) is 45.1. The molecule has 1 aliphatic heterocycles. The maximum Gasteiger partial charge on any atom is 0.407 e. The summed E-state index contributed by atoms with van der Waals surface area (Å²) in [4.78, 5) is 109. The number of H-pyrrole nitrogens is 1. The number of nitrogens with zero attached hydrogens (tertiary/aromatic N) is 5. The number of hydrogen-bond acceptors (Lipinski definition) is 20. The number of phenolic OH excluding ortho intramolecular Hbond substituents is 2. The Morgan fingerprint density at radius 2 is 1.30 bits per heavy atom. The number of carbonyl (C=O) groups excluding carboxylic acids is 8. The van der Waals surface area contributed by atoms with Crippen LogP contribution < -0.4 is 31.9 Å². The third-order valence-corrected chi connectivity index (χ3v) is 14.1. The number of esters is 2. The molecule has 6 amide bonds. The molecule has 4 aromatic heterocycles. The highest BCUT2D eigenvalue weighted by atomic mass is 32.1. The van der Waals surface area contributed by atoms with E-state index in [1.165, 1.54) is 7.11 Å². The summed E-state index contributed by atoms with van der Waals surface area (Å²) in [6.07, 6.45) is 5.69. The molecule has 0 bridgehead atoms. The van der Waals surface area contributed by atoms with Gasteiger partial charge in [0.25, 0.3) is 17.7 Å². The van der Waals surface area contributed by atoms with E-state index in [9.17, 15) is 48.6 Å². The zero-order chi connectivity index (χ0) is 58.5. The van der Waals surface area contributed by atoms with Crippen LogP contribution in [0.3, 0.4) is 0 Å². The van der Waals surface area contributed by atoms with Crippen LogP contribution in [0.4, 0.5) is 15.1 Å². The van der Waals surface area contributed by atoms with Gasteiger partial charge in [-0.25, -0.2) is 29.0 Å². The largest absolute Gasteiger partial charge is 0.508 e. The Labute approximate surface area is 470 Å². The Balaban J connectivity index is 0.000000234. The number of aromatic nitrogens is 6. The Kier molecular flexibility index (Phi) is 19.7. The lowest BCUT2D eigenvalue weighted by atomic mass is 10.1. The lowest BCUT2D eigenvalue weighted by molar-refractivity contribution is -0.143. The van der Waals surface area contributed by atoms with Crippen LogP contribution in [0.25, 0.3) is 21.8 Å². The molecular weight excluding hydrogens is 1090 g/mol. The molecule has 0 saturated carbocycles. The summed E-state index contributed by atoms with van der Waals surface area (Å²) in [5, 5.41) is 48.1. The number of amides is 6. The van der Waals surface area contributed by atoms with Crippen molar-refractivity contribution in [2.24, 2.45) is 0 Å². The average Bonchev–Trinajstić information content (AvgIpc) is 4.26. The molecule has 81 heavy (non-hydrogen) atoms. The molecule has 1 fully saturated rings. The molecule has 0 spiro atoms. The molecule has 1 unspecified atom stereocenters. The number of ether oxygens (including phenoxy) is 4. The summed E-state index contributed by atoms with van der Waals surface area (Å²) >= 11 is 1.90. The number of fused-ring (bicyclic) bond motifs is 2. The van der Waals surface area contributed by atoms with Crippen LogP contribution in [0.2, 0.25) is 0 Å². The average molecular weight is 1150 g/mol. The van der Waals surface area contributed by atoms with E-state index in [1.54, 1.807) is 47.0 Å². The minimum Gasteiger partial charge on any atom is -0.508 e. The maximum absolute atomic E-state index is 13.0. The third kappa shape index (κ3) is 16.1. The van der Waals surface area contributed by atoms with E-state index < -0.39 is 53.4 Å². The number of hydrogen-bond donors (Lipinski definition) is 9. The molecule has 28 heteroatoms. The van der Waals surface area contributed by atoms with Crippen molar-refractivity contribution < 1.29 is 67.5 Å². The van der Waals surface area contributed by atoms with Crippen molar-refractivity contribution in [1.29, 1.82) is 0 Å². The quantitative estimate of drug-likeness (QED) is 0.0398. The first kappa shape index (κ1) is 59.6. The summed E-state index contributed by atoms with van der Waals surface area (Å²) in [5.41, 5.74) is 3.20. The zero-order valence-corrected chi connectivity index (χ0v) is 46.7. The molecule has 8 rings (SSSR count). The number of thiazole rings is 2. The molecule has 7 aromatic rings. The number of methoxy groups -OCH3 is 2. The first-order chi connectivity index (χ1) is 38.6. The van der Waals surface area contributed by atoms with Gasteiger partial charge in [-0.05, 0) is 89.3 Å². The monoisotopic (exact) mass is 1150 g/mol. The third-order valence-electron chi connectivity index (χ3n) is 12.0. The van der Waals surface area contributed by atoms with Gasteiger partial charge in [-0.2, -0.15) is 10.2 Å². The summed E-state index contributed by atoms with van der Waals surface area (Å²) < 4.78 is 22.4. The lowest BCUT2D eigenvalue weighted by Gasteiger charge is -2.23. The van der Waals surface area contributed by atoms with Gasteiger partial charge in [0.2, 0.25) is 11.8 Å². The van der Waals surface area contributed by atoms with Gasteiger partial charge < -0.3 is 61.1 Å². The van der Waals surface area contributed by atoms with Crippen LogP contribution in [0.1, 0.15) is 98.5 Å².